The molecule has 2 rings (SSSR count). The Hall–Kier alpha value is -2.28. The predicted octanol–water partition coefficient (Wildman–Crippen LogP) is 1.11. The van der Waals surface area contributed by atoms with Crippen molar-refractivity contribution < 1.29 is 14.3 Å². The number of carbonyl (C=O) groups excluding carboxylic acids is 1. The topological polar surface area (TPSA) is 80.0 Å². The minimum absolute atomic E-state index is 0.0593. The highest BCUT2D eigenvalue weighted by Crippen LogP contribution is 2.09. The van der Waals surface area contributed by atoms with Crippen LogP contribution in [0.2, 0.25) is 0 Å². The molecular formula is C12H13FN4O2. The van der Waals surface area contributed by atoms with Gasteiger partial charge in [-0.25, -0.2) is 9.07 Å². The number of benzene rings is 1. The molecule has 0 fully saturated rings. The number of aromatic nitrogens is 3. The van der Waals surface area contributed by atoms with Gasteiger partial charge in [0.2, 0.25) is 5.91 Å². The first kappa shape index (κ1) is 13.2. The van der Waals surface area contributed by atoms with Gasteiger partial charge in [0.15, 0.2) is 0 Å². The molecule has 1 unspecified atom stereocenters. The first-order chi connectivity index (χ1) is 9.04. The molecule has 0 aliphatic rings. The van der Waals surface area contributed by atoms with Gasteiger partial charge in [0.1, 0.15) is 18.1 Å². The summed E-state index contributed by atoms with van der Waals surface area (Å²) in [5, 5.41) is 19.2. The molecule has 2 N–H and O–H groups in total. The summed E-state index contributed by atoms with van der Waals surface area (Å²) in [5.41, 5.74) is 0.763. The average Bonchev–Trinajstić information content (AvgIpc) is 2.77. The molecule has 0 radical (unpaired) electrons. The Kier molecular flexibility index (Phi) is 3.86. The second-order valence-electron chi connectivity index (χ2n) is 4.08. The van der Waals surface area contributed by atoms with Gasteiger partial charge in [0.05, 0.1) is 12.3 Å². The van der Waals surface area contributed by atoms with Crippen LogP contribution < -0.4 is 5.32 Å². The van der Waals surface area contributed by atoms with Gasteiger partial charge in [-0.15, -0.1) is 5.10 Å². The van der Waals surface area contributed by atoms with E-state index in [2.05, 4.69) is 15.6 Å². The Balaban J connectivity index is 1.97. The van der Waals surface area contributed by atoms with Crippen molar-refractivity contribution in [3.05, 3.63) is 42.0 Å². The predicted molar refractivity (Wildman–Crippen MR) is 65.7 cm³/mol. The van der Waals surface area contributed by atoms with Crippen LogP contribution in [0.4, 0.5) is 10.1 Å². The van der Waals surface area contributed by atoms with Crippen molar-refractivity contribution in [3.63, 3.8) is 0 Å². The average molecular weight is 264 g/mol. The molecule has 0 bridgehead atoms. The van der Waals surface area contributed by atoms with Crippen LogP contribution in [0.5, 0.6) is 0 Å². The van der Waals surface area contributed by atoms with E-state index in [1.165, 1.54) is 29.1 Å². The lowest BCUT2D eigenvalue weighted by Gasteiger charge is -2.04. The number of nitrogens with one attached hydrogen (secondary N) is 1. The van der Waals surface area contributed by atoms with Crippen molar-refractivity contribution in [2.45, 2.75) is 19.6 Å². The minimum atomic E-state index is -0.736. The fourth-order valence-electron chi connectivity index (χ4n) is 1.50. The molecule has 7 heteroatoms. The lowest BCUT2D eigenvalue weighted by Crippen LogP contribution is -2.19. The first-order valence-electron chi connectivity index (χ1n) is 5.68. The highest BCUT2D eigenvalue weighted by Gasteiger charge is 2.09. The number of rotatable bonds is 4. The normalized spacial score (nSPS) is 12.2. The highest BCUT2D eigenvalue weighted by molar-refractivity contribution is 5.90. The smallest absolute Gasteiger partial charge is 0.246 e. The van der Waals surface area contributed by atoms with E-state index in [9.17, 15) is 14.3 Å². The lowest BCUT2D eigenvalue weighted by molar-refractivity contribution is -0.116. The van der Waals surface area contributed by atoms with Gasteiger partial charge in [-0.05, 0) is 25.1 Å². The molecule has 0 saturated carbocycles. The van der Waals surface area contributed by atoms with E-state index in [1.54, 1.807) is 13.0 Å². The molecule has 2 aromatic rings. The van der Waals surface area contributed by atoms with Crippen molar-refractivity contribution in [3.8, 4) is 0 Å². The number of anilines is 1. The fraction of sp³-hybridized carbons (Fsp3) is 0.250. The zero-order chi connectivity index (χ0) is 13.8. The van der Waals surface area contributed by atoms with Crippen molar-refractivity contribution in [1.29, 1.82) is 0 Å². The molecule has 6 nitrogen and oxygen atoms in total. The number of hydrogen-bond acceptors (Lipinski definition) is 4. The Morgan fingerprint density at radius 2 is 2.37 bits per heavy atom. The Labute approximate surface area is 108 Å². The molecule has 1 amide bonds. The van der Waals surface area contributed by atoms with Crippen molar-refractivity contribution in [2.24, 2.45) is 0 Å². The maximum Gasteiger partial charge on any atom is 0.246 e. The summed E-state index contributed by atoms with van der Waals surface area (Å²) in [6, 6.07) is 5.61. The van der Waals surface area contributed by atoms with E-state index in [1.807, 2.05) is 0 Å². The SMILES string of the molecule is CC(O)c1cn(CC(=O)Nc2cccc(F)c2)nn1. The summed E-state index contributed by atoms with van der Waals surface area (Å²) in [6.07, 6.45) is 0.746. The summed E-state index contributed by atoms with van der Waals surface area (Å²) in [5.74, 6) is -0.775. The van der Waals surface area contributed by atoms with Gasteiger partial charge >= 0.3 is 0 Å². The quantitative estimate of drug-likeness (QED) is 0.866. The first-order valence-corrected chi connectivity index (χ1v) is 5.68. The van der Waals surface area contributed by atoms with Gasteiger partial charge < -0.3 is 10.4 Å². The van der Waals surface area contributed by atoms with Gasteiger partial charge in [0, 0.05) is 5.69 Å². The van der Waals surface area contributed by atoms with E-state index in [-0.39, 0.29) is 12.5 Å². The van der Waals surface area contributed by atoms with Crippen LogP contribution in [-0.4, -0.2) is 26.0 Å². The third-order valence-corrected chi connectivity index (χ3v) is 2.40. The molecule has 19 heavy (non-hydrogen) atoms. The van der Waals surface area contributed by atoms with Crippen molar-refractivity contribution in [1.82, 2.24) is 15.0 Å². The van der Waals surface area contributed by atoms with Crippen LogP contribution in [-0.2, 0) is 11.3 Å². The van der Waals surface area contributed by atoms with Crippen molar-refractivity contribution >= 4 is 11.6 Å². The van der Waals surface area contributed by atoms with E-state index >= 15 is 0 Å². The zero-order valence-corrected chi connectivity index (χ0v) is 10.2. The molecular weight excluding hydrogens is 251 g/mol. The highest BCUT2D eigenvalue weighted by atomic mass is 19.1. The molecule has 0 aliphatic heterocycles. The van der Waals surface area contributed by atoms with Gasteiger partial charge in [-0.1, -0.05) is 11.3 Å². The molecule has 1 aromatic carbocycles. The molecule has 1 heterocycles. The van der Waals surface area contributed by atoms with Crippen LogP contribution in [0.1, 0.15) is 18.7 Å². The summed E-state index contributed by atoms with van der Waals surface area (Å²) in [6.45, 7) is 1.50. The number of halogens is 1. The van der Waals surface area contributed by atoms with Crippen molar-refractivity contribution in [2.75, 3.05) is 5.32 Å². The molecule has 100 valence electrons. The van der Waals surface area contributed by atoms with Crippen LogP contribution in [0.3, 0.4) is 0 Å². The minimum Gasteiger partial charge on any atom is -0.387 e. The standard InChI is InChI=1S/C12H13FN4O2/c1-8(18)11-6-17(16-15-11)7-12(19)14-10-4-2-3-9(13)5-10/h2-6,8,18H,7H2,1H3,(H,14,19). The molecule has 1 atom stereocenters. The monoisotopic (exact) mass is 264 g/mol. The zero-order valence-electron chi connectivity index (χ0n) is 10.2. The van der Waals surface area contributed by atoms with Crippen LogP contribution >= 0.6 is 0 Å². The van der Waals surface area contributed by atoms with E-state index in [4.69, 9.17) is 0 Å². The largest absolute Gasteiger partial charge is 0.387 e. The summed E-state index contributed by atoms with van der Waals surface area (Å²) in [4.78, 5) is 11.7. The molecule has 0 spiro atoms. The van der Waals surface area contributed by atoms with Crippen LogP contribution in [0, 0.1) is 5.82 Å². The third kappa shape index (κ3) is 3.59. The van der Waals surface area contributed by atoms with E-state index < -0.39 is 11.9 Å². The number of hydrogen-bond donors (Lipinski definition) is 2. The maximum atomic E-state index is 12.9. The third-order valence-electron chi connectivity index (χ3n) is 2.40. The maximum absolute atomic E-state index is 12.9. The number of carbonyl (C=O) groups is 1. The van der Waals surface area contributed by atoms with Crippen LogP contribution in [0.15, 0.2) is 30.5 Å². The number of nitrogens with zero attached hydrogens (tertiary/aromatic N) is 3. The molecule has 0 saturated heterocycles. The van der Waals surface area contributed by atoms with Gasteiger partial charge in [-0.2, -0.15) is 0 Å². The number of aliphatic hydroxyl groups excluding tert-OH is 1. The fourth-order valence-corrected chi connectivity index (χ4v) is 1.50. The number of amides is 1. The summed E-state index contributed by atoms with van der Waals surface area (Å²) < 4.78 is 14.2. The second kappa shape index (κ2) is 5.57. The Morgan fingerprint density at radius 3 is 3.00 bits per heavy atom. The van der Waals surface area contributed by atoms with Crippen LogP contribution in [0.25, 0.3) is 0 Å². The lowest BCUT2D eigenvalue weighted by atomic mass is 10.3. The molecule has 1 aromatic heterocycles. The molecule has 0 aliphatic carbocycles. The Bertz CT molecular complexity index is 583. The van der Waals surface area contributed by atoms with E-state index in [0.29, 0.717) is 11.4 Å². The second-order valence-corrected chi connectivity index (χ2v) is 4.08. The number of aliphatic hydroxyl groups is 1. The Morgan fingerprint density at radius 1 is 1.58 bits per heavy atom. The summed E-state index contributed by atoms with van der Waals surface area (Å²) >= 11 is 0. The van der Waals surface area contributed by atoms with E-state index in [0.717, 1.165) is 0 Å². The summed E-state index contributed by atoms with van der Waals surface area (Å²) in [7, 11) is 0. The van der Waals surface area contributed by atoms with Gasteiger partial charge in [-0.3, -0.25) is 4.79 Å². The van der Waals surface area contributed by atoms with Gasteiger partial charge in [0.25, 0.3) is 0 Å².